The summed E-state index contributed by atoms with van der Waals surface area (Å²) >= 11 is 0. The minimum Gasteiger partial charge on any atom is -0.324 e. The maximum absolute atomic E-state index is 12.9. The Balaban J connectivity index is 2.35. The number of anilines is 2. The van der Waals surface area contributed by atoms with Gasteiger partial charge in [0.15, 0.2) is 0 Å². The number of para-hydroxylation sites is 2. The summed E-state index contributed by atoms with van der Waals surface area (Å²) in [6.45, 7) is 9.57. The molecule has 0 bridgehead atoms. The normalized spacial score (nSPS) is 10.6. The Morgan fingerprint density at radius 3 is 2.07 bits per heavy atom. The Bertz CT molecular complexity index is 884. The lowest BCUT2D eigenvalue weighted by Crippen LogP contribution is -2.37. The molecule has 0 aliphatic rings. The second kappa shape index (κ2) is 9.18. The van der Waals surface area contributed by atoms with E-state index in [2.05, 4.69) is 39.1 Å². The van der Waals surface area contributed by atoms with E-state index >= 15 is 0 Å². The van der Waals surface area contributed by atoms with E-state index in [0.29, 0.717) is 11.3 Å². The third kappa shape index (κ3) is 4.77. The van der Waals surface area contributed by atoms with Crippen LogP contribution < -0.4 is 10.2 Å². The van der Waals surface area contributed by atoms with Crippen molar-refractivity contribution in [3.05, 3.63) is 59.2 Å². The molecular weight excluding hydrogens is 350 g/mol. The highest BCUT2D eigenvalue weighted by molar-refractivity contribution is 6.03. The summed E-state index contributed by atoms with van der Waals surface area (Å²) in [7, 11) is 0. The van der Waals surface area contributed by atoms with Gasteiger partial charge in [-0.2, -0.15) is 5.26 Å². The summed E-state index contributed by atoms with van der Waals surface area (Å²) in [5.74, 6) is -0.0912. The molecule has 0 aromatic heterocycles. The molecule has 146 valence electrons. The molecule has 0 fully saturated rings. The highest BCUT2D eigenvalue weighted by atomic mass is 16.2. The van der Waals surface area contributed by atoms with E-state index in [1.54, 1.807) is 24.3 Å². The zero-order valence-corrected chi connectivity index (χ0v) is 17.1. The fraction of sp³-hybridized carbons (Fsp3) is 0.348. The van der Waals surface area contributed by atoms with Crippen LogP contribution in [0, 0.1) is 11.3 Å². The van der Waals surface area contributed by atoms with Crippen LogP contribution in [0.4, 0.5) is 11.4 Å². The van der Waals surface area contributed by atoms with Gasteiger partial charge >= 0.3 is 0 Å². The van der Waals surface area contributed by atoms with Gasteiger partial charge in [-0.15, -0.1) is 0 Å². The molecule has 0 spiro atoms. The Labute approximate surface area is 167 Å². The van der Waals surface area contributed by atoms with Gasteiger partial charge in [0.1, 0.15) is 12.6 Å². The van der Waals surface area contributed by atoms with Gasteiger partial charge in [-0.25, -0.2) is 0 Å². The molecule has 2 rings (SSSR count). The Morgan fingerprint density at radius 1 is 1.00 bits per heavy atom. The SMILES string of the molecule is CC(=O)N(CC(=O)Nc1c(C(C)C)cccc1C(C)C)c1ccccc1C#N. The van der Waals surface area contributed by atoms with Crippen LogP contribution in [0.1, 0.15) is 63.1 Å². The number of hydrogen-bond acceptors (Lipinski definition) is 3. The number of rotatable bonds is 6. The van der Waals surface area contributed by atoms with Crippen molar-refractivity contribution >= 4 is 23.2 Å². The van der Waals surface area contributed by atoms with Crippen molar-refractivity contribution in [2.45, 2.75) is 46.5 Å². The first-order chi connectivity index (χ1) is 13.3. The van der Waals surface area contributed by atoms with Crippen molar-refractivity contribution in [3.8, 4) is 6.07 Å². The number of carbonyl (C=O) groups excluding carboxylic acids is 2. The van der Waals surface area contributed by atoms with Gasteiger partial charge in [-0.05, 0) is 35.1 Å². The van der Waals surface area contributed by atoms with Crippen LogP contribution in [0.15, 0.2) is 42.5 Å². The molecule has 1 N–H and O–H groups in total. The molecule has 5 heteroatoms. The van der Waals surface area contributed by atoms with Crippen LogP contribution in [-0.2, 0) is 9.59 Å². The first-order valence-electron chi connectivity index (χ1n) is 9.46. The molecule has 0 aliphatic carbocycles. The zero-order valence-electron chi connectivity index (χ0n) is 17.1. The first kappa shape index (κ1) is 21.2. The van der Waals surface area contributed by atoms with Gasteiger partial charge in [0.25, 0.3) is 0 Å². The lowest BCUT2D eigenvalue weighted by atomic mass is 9.92. The van der Waals surface area contributed by atoms with E-state index in [0.717, 1.165) is 16.8 Å². The van der Waals surface area contributed by atoms with E-state index < -0.39 is 0 Å². The van der Waals surface area contributed by atoms with E-state index in [-0.39, 0.29) is 30.2 Å². The molecule has 0 atom stereocenters. The summed E-state index contributed by atoms with van der Waals surface area (Å²) in [6.07, 6.45) is 0. The van der Waals surface area contributed by atoms with E-state index in [1.165, 1.54) is 11.8 Å². The maximum Gasteiger partial charge on any atom is 0.244 e. The molecule has 2 aromatic rings. The quantitative estimate of drug-likeness (QED) is 0.786. The number of hydrogen-bond donors (Lipinski definition) is 1. The van der Waals surface area contributed by atoms with Crippen LogP contribution in [0.2, 0.25) is 0 Å². The van der Waals surface area contributed by atoms with Crippen LogP contribution in [0.3, 0.4) is 0 Å². The van der Waals surface area contributed by atoms with Crippen molar-refractivity contribution in [3.63, 3.8) is 0 Å². The third-order valence-corrected chi connectivity index (χ3v) is 4.63. The second-order valence-corrected chi connectivity index (χ2v) is 7.40. The van der Waals surface area contributed by atoms with Crippen molar-refractivity contribution in [1.29, 1.82) is 5.26 Å². The predicted octanol–water partition coefficient (Wildman–Crippen LogP) is 4.80. The number of nitrogens with one attached hydrogen (secondary N) is 1. The lowest BCUT2D eigenvalue weighted by Gasteiger charge is -2.24. The molecule has 0 heterocycles. The standard InChI is InChI=1S/C23H27N3O2/c1-15(2)19-10-8-11-20(16(3)4)23(19)25-22(28)14-26(17(5)27)21-12-7-6-9-18(21)13-24/h6-12,15-16H,14H2,1-5H3,(H,25,28). The number of carbonyl (C=O) groups is 2. The van der Waals surface area contributed by atoms with Gasteiger partial charge < -0.3 is 10.2 Å². The molecule has 0 aliphatic heterocycles. The molecule has 0 unspecified atom stereocenters. The average Bonchev–Trinajstić information content (AvgIpc) is 2.65. The van der Waals surface area contributed by atoms with Crippen molar-refractivity contribution in [1.82, 2.24) is 0 Å². The molecule has 2 amide bonds. The van der Waals surface area contributed by atoms with Crippen molar-refractivity contribution in [2.24, 2.45) is 0 Å². The van der Waals surface area contributed by atoms with Crippen LogP contribution >= 0.6 is 0 Å². The molecule has 5 nitrogen and oxygen atoms in total. The van der Waals surface area contributed by atoms with Crippen molar-refractivity contribution in [2.75, 3.05) is 16.8 Å². The Hall–Kier alpha value is -3.13. The average molecular weight is 377 g/mol. The molecule has 28 heavy (non-hydrogen) atoms. The zero-order chi connectivity index (χ0) is 20.8. The fourth-order valence-corrected chi connectivity index (χ4v) is 3.19. The number of nitrogens with zero attached hydrogens (tertiary/aromatic N) is 2. The van der Waals surface area contributed by atoms with Crippen LogP contribution in [0.25, 0.3) is 0 Å². The van der Waals surface area contributed by atoms with Gasteiger partial charge in [0.05, 0.1) is 11.3 Å². The second-order valence-electron chi connectivity index (χ2n) is 7.40. The number of benzene rings is 2. The largest absolute Gasteiger partial charge is 0.324 e. The van der Waals surface area contributed by atoms with Gasteiger partial charge in [0, 0.05) is 12.6 Å². The molecule has 0 radical (unpaired) electrons. The van der Waals surface area contributed by atoms with E-state index in [1.807, 2.05) is 18.2 Å². The summed E-state index contributed by atoms with van der Waals surface area (Å²) < 4.78 is 0. The van der Waals surface area contributed by atoms with Crippen LogP contribution in [-0.4, -0.2) is 18.4 Å². The minimum atomic E-state index is -0.294. The topological polar surface area (TPSA) is 73.2 Å². The van der Waals surface area contributed by atoms with Gasteiger partial charge in [-0.3, -0.25) is 9.59 Å². The number of amides is 2. The van der Waals surface area contributed by atoms with Crippen molar-refractivity contribution < 1.29 is 9.59 Å². The molecular formula is C23H27N3O2. The first-order valence-corrected chi connectivity index (χ1v) is 9.46. The third-order valence-electron chi connectivity index (χ3n) is 4.63. The Morgan fingerprint density at radius 2 is 1.57 bits per heavy atom. The monoisotopic (exact) mass is 377 g/mol. The van der Waals surface area contributed by atoms with E-state index in [4.69, 9.17) is 0 Å². The van der Waals surface area contributed by atoms with Crippen LogP contribution in [0.5, 0.6) is 0 Å². The summed E-state index contributed by atoms with van der Waals surface area (Å²) in [5, 5.41) is 12.3. The summed E-state index contributed by atoms with van der Waals surface area (Å²) in [5.41, 5.74) is 3.73. The van der Waals surface area contributed by atoms with Gasteiger partial charge in [0.2, 0.25) is 11.8 Å². The minimum absolute atomic E-state index is 0.155. The smallest absolute Gasteiger partial charge is 0.244 e. The molecule has 2 aromatic carbocycles. The fourth-order valence-electron chi connectivity index (χ4n) is 3.19. The molecule has 0 saturated carbocycles. The predicted molar refractivity (Wildman–Crippen MR) is 112 cm³/mol. The van der Waals surface area contributed by atoms with Gasteiger partial charge in [-0.1, -0.05) is 58.0 Å². The summed E-state index contributed by atoms with van der Waals surface area (Å²) in [6, 6.07) is 14.9. The van der Waals surface area contributed by atoms with E-state index in [9.17, 15) is 14.9 Å². The summed E-state index contributed by atoms with van der Waals surface area (Å²) in [4.78, 5) is 26.4. The Kier molecular flexibility index (Phi) is 6.94. The lowest BCUT2D eigenvalue weighted by molar-refractivity contribution is -0.120. The highest BCUT2D eigenvalue weighted by Gasteiger charge is 2.21. The number of nitriles is 1. The highest BCUT2D eigenvalue weighted by Crippen LogP contribution is 2.32. The molecule has 0 saturated heterocycles. The maximum atomic E-state index is 12.9.